The van der Waals surface area contributed by atoms with Crippen LogP contribution in [0.2, 0.25) is 5.02 Å². The number of anilines is 2. The van der Waals surface area contributed by atoms with Crippen molar-refractivity contribution in [3.63, 3.8) is 0 Å². The maximum atomic E-state index is 15.3. The van der Waals surface area contributed by atoms with Crippen LogP contribution in [0, 0.1) is 36.0 Å². The van der Waals surface area contributed by atoms with E-state index in [1.54, 1.807) is 90.7 Å². The Balaban J connectivity index is 1.04. The van der Waals surface area contributed by atoms with Crippen LogP contribution in [0.5, 0.6) is 11.5 Å². The molecule has 3 fully saturated rings. The molecule has 2 saturated heterocycles. The van der Waals surface area contributed by atoms with Gasteiger partial charge in [-0.2, -0.15) is 5.10 Å². The molecule has 6 atom stereocenters. The molecule has 4 aliphatic rings. The number of amides is 4. The number of thiophene rings is 1. The van der Waals surface area contributed by atoms with Gasteiger partial charge in [-0.1, -0.05) is 59.6 Å². The Morgan fingerprint density at radius 2 is 1.62 bits per heavy atom. The number of allylic oxidation sites excluding steroid dienone is 2. The molecule has 0 spiro atoms. The average molecular weight is 851 g/mol. The lowest BCUT2D eigenvalue weighted by Crippen LogP contribution is -2.49. The molecule has 1 N–H and O–H groups in total. The van der Waals surface area contributed by atoms with E-state index in [9.17, 15) is 19.5 Å². The van der Waals surface area contributed by atoms with Crippen molar-refractivity contribution in [2.45, 2.75) is 32.6 Å². The molecule has 4 amide bonds. The van der Waals surface area contributed by atoms with Crippen molar-refractivity contribution in [2.24, 2.45) is 36.1 Å². The van der Waals surface area contributed by atoms with E-state index in [-0.39, 0.29) is 30.3 Å². The molecule has 2 aliphatic heterocycles. The fourth-order valence-electron chi connectivity index (χ4n) is 10.5. The first kappa shape index (κ1) is 38.8. The van der Waals surface area contributed by atoms with Gasteiger partial charge in [-0.25, -0.2) is 4.90 Å². The van der Waals surface area contributed by atoms with Gasteiger partial charge in [0.25, 0.3) is 0 Å². The number of ether oxygens (including phenoxy) is 1. The molecule has 2 aliphatic carbocycles. The predicted molar refractivity (Wildman–Crippen MR) is 232 cm³/mol. The molecule has 2 aromatic heterocycles. The summed E-state index contributed by atoms with van der Waals surface area (Å²) >= 11 is 7.89. The standard InChI is InChI=1S/C48H39ClN4O7S/c1-24-33-20-27(49)12-19-38(33)61-43(24)36-23-39(51(3)50-36)53-45(57)35-22-34-30(41(48(35,2)47(53)59)31-16-15-29(54)21-37(31)60-4)17-18-32-40(34)46(58)52(44(32)56)28-13-10-26(11-14-28)42(55)25-8-6-5-7-9-25/h5-17,19-21,23,32,34-35,40-41,54H,18,22H2,1-4H3/t32-,34+,35-,40-,41+,48+/m0/s1. The van der Waals surface area contributed by atoms with Crippen molar-refractivity contribution >= 4 is 73.9 Å². The molecule has 61 heavy (non-hydrogen) atoms. The summed E-state index contributed by atoms with van der Waals surface area (Å²) in [5.41, 5.74) is 2.91. The normalized spacial score (nSPS) is 24.5. The van der Waals surface area contributed by atoms with Crippen LogP contribution in [-0.2, 0) is 26.2 Å². The first-order chi connectivity index (χ1) is 29.3. The number of phenolic OH excluding ortho intramolecular Hbond substituents is 1. The van der Waals surface area contributed by atoms with Gasteiger partial charge in [0.05, 0.1) is 40.8 Å². The number of nitrogens with zero attached hydrogens (tertiary/aromatic N) is 4. The molecule has 0 radical (unpaired) electrons. The first-order valence-corrected chi connectivity index (χ1v) is 21.3. The summed E-state index contributed by atoms with van der Waals surface area (Å²) < 4.78 is 8.41. The highest BCUT2D eigenvalue weighted by atomic mass is 35.5. The van der Waals surface area contributed by atoms with Crippen LogP contribution in [0.25, 0.3) is 20.7 Å². The van der Waals surface area contributed by atoms with Crippen molar-refractivity contribution < 1.29 is 33.8 Å². The summed E-state index contributed by atoms with van der Waals surface area (Å²) in [7, 11) is 3.19. The fourth-order valence-corrected chi connectivity index (χ4v) is 11.8. The van der Waals surface area contributed by atoms with Crippen molar-refractivity contribution in [1.29, 1.82) is 0 Å². The number of halogens is 1. The van der Waals surface area contributed by atoms with Gasteiger partial charge in [-0.3, -0.25) is 33.6 Å². The number of carbonyl (C=O) groups is 5. The third kappa shape index (κ3) is 5.68. The summed E-state index contributed by atoms with van der Waals surface area (Å²) in [5, 5.41) is 17.0. The number of aromatic hydroxyl groups is 1. The number of phenols is 1. The number of benzene rings is 4. The topological polar surface area (TPSA) is 139 Å². The summed E-state index contributed by atoms with van der Waals surface area (Å²) in [6.07, 6.45) is 2.37. The number of fused-ring (bicyclic) bond motifs is 5. The van der Waals surface area contributed by atoms with Gasteiger partial charge in [0.2, 0.25) is 23.6 Å². The van der Waals surface area contributed by atoms with E-state index in [0.717, 1.165) is 26.1 Å². The van der Waals surface area contributed by atoms with Crippen LogP contribution in [0.1, 0.15) is 52.7 Å². The predicted octanol–water partition coefficient (Wildman–Crippen LogP) is 8.64. The summed E-state index contributed by atoms with van der Waals surface area (Å²) in [6.45, 7) is 3.80. The van der Waals surface area contributed by atoms with Crippen LogP contribution in [0.4, 0.5) is 11.5 Å². The highest BCUT2D eigenvalue weighted by molar-refractivity contribution is 7.22. The number of ketones is 1. The number of rotatable bonds is 7. The average Bonchev–Trinajstić information content (AvgIpc) is 3.94. The number of methoxy groups -OCH3 is 1. The Morgan fingerprint density at radius 1 is 0.885 bits per heavy atom. The first-order valence-electron chi connectivity index (χ1n) is 20.1. The van der Waals surface area contributed by atoms with Gasteiger partial charge < -0.3 is 9.84 Å². The van der Waals surface area contributed by atoms with E-state index in [1.165, 1.54) is 29.0 Å². The molecule has 4 heterocycles. The van der Waals surface area contributed by atoms with Gasteiger partial charge in [-0.15, -0.1) is 11.3 Å². The molecule has 306 valence electrons. The van der Waals surface area contributed by atoms with Crippen LogP contribution in [-0.4, -0.2) is 51.4 Å². The van der Waals surface area contributed by atoms with Crippen molar-refractivity contribution in [2.75, 3.05) is 16.9 Å². The summed E-state index contributed by atoms with van der Waals surface area (Å²) in [6, 6.07) is 27.6. The quantitative estimate of drug-likeness (QED) is 0.0957. The van der Waals surface area contributed by atoms with Gasteiger partial charge >= 0.3 is 0 Å². The van der Waals surface area contributed by atoms with Crippen molar-refractivity contribution in [3.8, 4) is 22.1 Å². The van der Waals surface area contributed by atoms with E-state index < -0.39 is 52.7 Å². The molecule has 10 rings (SSSR count). The SMILES string of the molecule is COc1cc(O)ccc1[C@H]1C2=CC[C@@H]3C(=O)N(c4ccc(C(=O)c5ccccc5)cc4)C(=O)[C@@H]3[C@@H]2C[C@H]2C(=O)N(c3cc(-c4sc5ccc(Cl)cc5c4C)nn3C)C(=O)[C@@]12C. The smallest absolute Gasteiger partial charge is 0.242 e. The Labute approximate surface area is 359 Å². The zero-order valence-corrected chi connectivity index (χ0v) is 35.2. The van der Waals surface area contributed by atoms with E-state index in [4.69, 9.17) is 21.4 Å². The van der Waals surface area contributed by atoms with Gasteiger partial charge in [0.15, 0.2) is 5.78 Å². The number of carbonyl (C=O) groups excluding carboxylic acids is 5. The number of hydrogen-bond donors (Lipinski definition) is 1. The second-order valence-corrected chi connectivity index (χ2v) is 18.0. The van der Waals surface area contributed by atoms with Gasteiger partial charge in [-0.05, 0) is 92.1 Å². The molecule has 0 unspecified atom stereocenters. The van der Waals surface area contributed by atoms with Crippen LogP contribution < -0.4 is 14.5 Å². The molecule has 13 heteroatoms. The zero-order chi connectivity index (χ0) is 42.6. The molecule has 0 bridgehead atoms. The highest BCUT2D eigenvalue weighted by Crippen LogP contribution is 2.64. The van der Waals surface area contributed by atoms with E-state index in [0.29, 0.717) is 44.7 Å². The minimum absolute atomic E-state index is 0.0345. The second kappa shape index (κ2) is 14.1. The fraction of sp³-hybridized carbons (Fsp3) is 0.250. The lowest BCUT2D eigenvalue weighted by Gasteiger charge is -2.49. The van der Waals surface area contributed by atoms with Gasteiger partial charge in [0, 0.05) is 51.5 Å². The minimum Gasteiger partial charge on any atom is -0.508 e. The Morgan fingerprint density at radius 3 is 2.36 bits per heavy atom. The number of hydrogen-bond acceptors (Lipinski definition) is 9. The monoisotopic (exact) mass is 850 g/mol. The summed E-state index contributed by atoms with van der Waals surface area (Å²) in [4.78, 5) is 75.8. The lowest BCUT2D eigenvalue weighted by molar-refractivity contribution is -0.131. The molecule has 11 nitrogen and oxygen atoms in total. The third-order valence-corrected chi connectivity index (χ3v) is 15.0. The molecular weight excluding hydrogens is 812 g/mol. The minimum atomic E-state index is -1.35. The Kier molecular flexibility index (Phi) is 8.97. The largest absolute Gasteiger partial charge is 0.508 e. The Hall–Kier alpha value is -6.37. The molecule has 4 aromatic carbocycles. The van der Waals surface area contributed by atoms with Crippen molar-refractivity contribution in [3.05, 3.63) is 136 Å². The zero-order valence-electron chi connectivity index (χ0n) is 33.6. The third-order valence-electron chi connectivity index (χ3n) is 13.4. The maximum absolute atomic E-state index is 15.3. The van der Waals surface area contributed by atoms with Crippen LogP contribution >= 0.6 is 22.9 Å². The number of aryl methyl sites for hydroxylation is 2. The molecular formula is C48H39ClN4O7S. The molecule has 6 aromatic rings. The second-order valence-electron chi connectivity index (χ2n) is 16.5. The highest BCUT2D eigenvalue weighted by Gasteiger charge is 2.68. The van der Waals surface area contributed by atoms with E-state index >= 15 is 9.59 Å². The van der Waals surface area contributed by atoms with Crippen LogP contribution in [0.15, 0.2) is 109 Å². The van der Waals surface area contributed by atoms with Crippen molar-refractivity contribution in [1.82, 2.24) is 9.78 Å². The van der Waals surface area contributed by atoms with Crippen LogP contribution in [0.3, 0.4) is 0 Å². The lowest BCUT2D eigenvalue weighted by atomic mass is 9.51. The number of imide groups is 2. The number of aromatic nitrogens is 2. The Bertz CT molecular complexity index is 2920. The molecule has 1 saturated carbocycles. The van der Waals surface area contributed by atoms with E-state index in [2.05, 4.69) is 0 Å². The van der Waals surface area contributed by atoms with E-state index in [1.807, 2.05) is 37.3 Å². The van der Waals surface area contributed by atoms with Gasteiger partial charge in [0.1, 0.15) is 23.0 Å². The summed E-state index contributed by atoms with van der Waals surface area (Å²) in [5.74, 6) is -4.87. The maximum Gasteiger partial charge on any atom is 0.242 e.